The second-order valence-corrected chi connectivity index (χ2v) is 5.75. The van der Waals surface area contributed by atoms with Crippen LogP contribution in [0.1, 0.15) is 17.4 Å². The van der Waals surface area contributed by atoms with E-state index in [0.717, 1.165) is 16.1 Å². The lowest BCUT2D eigenvalue weighted by molar-refractivity contribution is -0.385. The number of nitro groups is 1. The molecule has 0 radical (unpaired) electrons. The second-order valence-electron chi connectivity index (χ2n) is 4.90. The lowest BCUT2D eigenvalue weighted by Gasteiger charge is -2.09. The Hall–Kier alpha value is -2.81. The van der Waals surface area contributed by atoms with Gasteiger partial charge in [0.25, 0.3) is 5.91 Å². The molecule has 0 aliphatic rings. The molecule has 1 aromatic carbocycles. The summed E-state index contributed by atoms with van der Waals surface area (Å²) in [5.41, 5.74) is 0.639. The van der Waals surface area contributed by atoms with Crippen molar-refractivity contribution in [2.75, 3.05) is 5.32 Å². The van der Waals surface area contributed by atoms with Crippen LogP contribution in [0, 0.1) is 10.1 Å². The van der Waals surface area contributed by atoms with Gasteiger partial charge in [0.15, 0.2) is 0 Å². The molecule has 3 aromatic rings. The van der Waals surface area contributed by atoms with Gasteiger partial charge >= 0.3 is 5.69 Å². The SMILES string of the molecule is CCn1ncc([N+](=O)[O-])c1C(=O)Nc1ccc(Br)c2cccnc12. The predicted molar refractivity (Wildman–Crippen MR) is 92.0 cm³/mol. The summed E-state index contributed by atoms with van der Waals surface area (Å²) in [5.74, 6) is -0.602. The van der Waals surface area contributed by atoms with Crippen molar-refractivity contribution < 1.29 is 9.72 Å². The Morgan fingerprint density at radius 2 is 2.21 bits per heavy atom. The quantitative estimate of drug-likeness (QED) is 0.544. The normalized spacial score (nSPS) is 10.8. The summed E-state index contributed by atoms with van der Waals surface area (Å²) in [6.45, 7) is 2.10. The maximum absolute atomic E-state index is 12.6. The van der Waals surface area contributed by atoms with Crippen molar-refractivity contribution in [3.63, 3.8) is 0 Å². The lowest BCUT2D eigenvalue weighted by atomic mass is 10.2. The van der Waals surface area contributed by atoms with E-state index in [4.69, 9.17) is 0 Å². The number of benzene rings is 1. The minimum absolute atomic E-state index is 0.0884. The number of halogens is 1. The van der Waals surface area contributed by atoms with Crippen LogP contribution >= 0.6 is 15.9 Å². The highest BCUT2D eigenvalue weighted by Gasteiger charge is 2.26. The third kappa shape index (κ3) is 2.73. The van der Waals surface area contributed by atoms with Gasteiger partial charge in [-0.1, -0.05) is 22.0 Å². The van der Waals surface area contributed by atoms with Gasteiger partial charge in [-0.3, -0.25) is 24.6 Å². The molecule has 8 nitrogen and oxygen atoms in total. The summed E-state index contributed by atoms with van der Waals surface area (Å²) in [6.07, 6.45) is 2.69. The summed E-state index contributed by atoms with van der Waals surface area (Å²) in [7, 11) is 0. The highest BCUT2D eigenvalue weighted by Crippen LogP contribution is 2.29. The molecule has 0 fully saturated rings. The number of nitrogens with zero attached hydrogens (tertiary/aromatic N) is 4. The van der Waals surface area contributed by atoms with Gasteiger partial charge in [0.2, 0.25) is 5.69 Å². The smallest absolute Gasteiger partial charge is 0.318 e. The van der Waals surface area contributed by atoms with Gasteiger partial charge in [-0.15, -0.1) is 0 Å². The summed E-state index contributed by atoms with van der Waals surface area (Å²) >= 11 is 3.43. The monoisotopic (exact) mass is 389 g/mol. The molecule has 0 saturated carbocycles. The van der Waals surface area contributed by atoms with Gasteiger partial charge in [-0.25, -0.2) is 0 Å². The summed E-state index contributed by atoms with van der Waals surface area (Å²) < 4.78 is 2.13. The Morgan fingerprint density at radius 3 is 2.92 bits per heavy atom. The van der Waals surface area contributed by atoms with Crippen LogP contribution in [0.2, 0.25) is 0 Å². The molecule has 3 rings (SSSR count). The molecule has 0 unspecified atom stereocenters. The second kappa shape index (κ2) is 6.36. The van der Waals surface area contributed by atoms with Crippen molar-refractivity contribution in [3.05, 3.63) is 56.9 Å². The summed E-state index contributed by atoms with van der Waals surface area (Å²) in [6, 6.07) is 7.12. The van der Waals surface area contributed by atoms with Crippen LogP contribution in [-0.4, -0.2) is 25.6 Å². The number of anilines is 1. The molecule has 0 bridgehead atoms. The molecule has 1 amide bonds. The highest BCUT2D eigenvalue weighted by molar-refractivity contribution is 9.10. The minimum Gasteiger partial charge on any atom is -0.318 e. The lowest BCUT2D eigenvalue weighted by Crippen LogP contribution is -2.19. The first-order valence-electron chi connectivity index (χ1n) is 7.07. The first-order valence-corrected chi connectivity index (χ1v) is 7.87. The zero-order valence-electron chi connectivity index (χ0n) is 12.6. The Kier molecular flexibility index (Phi) is 4.26. The van der Waals surface area contributed by atoms with Gasteiger partial charge in [0, 0.05) is 22.6 Å². The summed E-state index contributed by atoms with van der Waals surface area (Å²) in [4.78, 5) is 27.4. The van der Waals surface area contributed by atoms with Crippen molar-refractivity contribution in [2.24, 2.45) is 0 Å². The van der Waals surface area contributed by atoms with Crippen LogP contribution in [0.25, 0.3) is 10.9 Å². The fourth-order valence-corrected chi connectivity index (χ4v) is 2.85. The Morgan fingerprint density at radius 1 is 1.42 bits per heavy atom. The van der Waals surface area contributed by atoms with Crippen molar-refractivity contribution in [1.82, 2.24) is 14.8 Å². The Bertz CT molecular complexity index is 953. The van der Waals surface area contributed by atoms with E-state index in [1.165, 1.54) is 4.68 Å². The maximum Gasteiger partial charge on any atom is 0.320 e. The number of fused-ring (bicyclic) bond motifs is 1. The molecule has 122 valence electrons. The number of amides is 1. The van der Waals surface area contributed by atoms with E-state index < -0.39 is 10.8 Å². The topological polar surface area (TPSA) is 103 Å². The van der Waals surface area contributed by atoms with Crippen molar-refractivity contribution in [2.45, 2.75) is 13.5 Å². The van der Waals surface area contributed by atoms with Crippen molar-refractivity contribution >= 4 is 44.1 Å². The molecule has 0 aliphatic heterocycles. The first-order chi connectivity index (χ1) is 11.5. The Balaban J connectivity index is 2.04. The van der Waals surface area contributed by atoms with Gasteiger partial charge in [-0.05, 0) is 25.1 Å². The molecule has 0 aliphatic carbocycles. The van der Waals surface area contributed by atoms with Gasteiger partial charge in [0.05, 0.1) is 16.1 Å². The number of carbonyl (C=O) groups excluding carboxylic acids is 1. The van der Waals surface area contributed by atoms with Crippen LogP contribution < -0.4 is 5.32 Å². The predicted octanol–water partition coefficient (Wildman–Crippen LogP) is 3.37. The highest BCUT2D eigenvalue weighted by atomic mass is 79.9. The fraction of sp³-hybridized carbons (Fsp3) is 0.133. The van der Waals surface area contributed by atoms with E-state index >= 15 is 0 Å². The van der Waals surface area contributed by atoms with Crippen molar-refractivity contribution in [1.29, 1.82) is 0 Å². The number of carbonyl (C=O) groups is 1. The van der Waals surface area contributed by atoms with Crippen LogP contribution in [0.5, 0.6) is 0 Å². The number of pyridine rings is 1. The number of hydrogen-bond acceptors (Lipinski definition) is 5. The van der Waals surface area contributed by atoms with E-state index in [9.17, 15) is 14.9 Å². The van der Waals surface area contributed by atoms with E-state index in [0.29, 0.717) is 17.7 Å². The molecule has 1 N–H and O–H groups in total. The minimum atomic E-state index is -0.619. The first kappa shape index (κ1) is 16.1. The third-order valence-corrected chi connectivity index (χ3v) is 4.19. The number of rotatable bonds is 4. The number of nitrogens with one attached hydrogen (secondary N) is 1. The molecule has 0 spiro atoms. The van der Waals surface area contributed by atoms with Crippen LogP contribution in [0.15, 0.2) is 41.1 Å². The van der Waals surface area contributed by atoms with Gasteiger partial charge in [0.1, 0.15) is 6.20 Å². The molecule has 24 heavy (non-hydrogen) atoms. The average Bonchev–Trinajstić information content (AvgIpc) is 3.02. The summed E-state index contributed by atoms with van der Waals surface area (Å²) in [5, 5.41) is 18.5. The van der Waals surface area contributed by atoms with Crippen LogP contribution in [0.4, 0.5) is 11.4 Å². The van der Waals surface area contributed by atoms with E-state index in [1.807, 2.05) is 6.07 Å². The van der Waals surface area contributed by atoms with Gasteiger partial charge < -0.3 is 5.32 Å². The molecule has 0 saturated heterocycles. The molecule has 9 heteroatoms. The molecular formula is C15H12BrN5O3. The standard InChI is InChI=1S/C15H12BrN5O3/c1-2-20-14(12(8-18-20)21(23)24)15(22)19-11-6-5-10(16)9-4-3-7-17-13(9)11/h3-8H,2H2,1H3,(H,19,22). The van der Waals surface area contributed by atoms with E-state index in [1.54, 1.807) is 31.3 Å². The zero-order chi connectivity index (χ0) is 17.3. The van der Waals surface area contributed by atoms with Crippen LogP contribution in [0.3, 0.4) is 0 Å². The largest absolute Gasteiger partial charge is 0.320 e. The van der Waals surface area contributed by atoms with Gasteiger partial charge in [-0.2, -0.15) is 5.10 Å². The number of hydrogen-bond donors (Lipinski definition) is 1. The number of aromatic nitrogens is 3. The van der Waals surface area contributed by atoms with Crippen molar-refractivity contribution in [3.8, 4) is 0 Å². The van der Waals surface area contributed by atoms with E-state index in [2.05, 4.69) is 31.3 Å². The van der Waals surface area contributed by atoms with E-state index in [-0.39, 0.29) is 11.4 Å². The average molecular weight is 390 g/mol. The zero-order valence-corrected chi connectivity index (χ0v) is 14.1. The molecule has 0 atom stereocenters. The fourth-order valence-electron chi connectivity index (χ4n) is 2.40. The molecular weight excluding hydrogens is 378 g/mol. The molecule has 2 heterocycles. The maximum atomic E-state index is 12.6. The van der Waals surface area contributed by atoms with Crippen LogP contribution in [-0.2, 0) is 6.54 Å². The molecule has 2 aromatic heterocycles. The third-order valence-electron chi connectivity index (χ3n) is 3.50. The Labute approximate surface area is 144 Å². The number of aryl methyl sites for hydroxylation is 1.